The Labute approximate surface area is 225 Å². The number of likely N-dealkylation sites (tertiary alicyclic amines) is 1. The average molecular weight is 533 g/mol. The first kappa shape index (κ1) is 25.2. The summed E-state index contributed by atoms with van der Waals surface area (Å²) >= 11 is 13.0. The van der Waals surface area contributed by atoms with E-state index in [4.69, 9.17) is 23.2 Å². The van der Waals surface area contributed by atoms with Crippen molar-refractivity contribution in [3.8, 4) is 11.3 Å². The molecule has 5 rings (SSSR count). The summed E-state index contributed by atoms with van der Waals surface area (Å²) < 4.78 is 0. The van der Waals surface area contributed by atoms with Gasteiger partial charge in [0.15, 0.2) is 0 Å². The number of carbonyl (C=O) groups is 2. The van der Waals surface area contributed by atoms with Gasteiger partial charge in [-0.05, 0) is 80.8 Å². The van der Waals surface area contributed by atoms with Gasteiger partial charge in [-0.15, -0.1) is 0 Å². The summed E-state index contributed by atoms with van der Waals surface area (Å²) in [4.78, 5) is 32.6. The van der Waals surface area contributed by atoms with Crippen LogP contribution < -0.4 is 10.6 Å². The van der Waals surface area contributed by atoms with Crippen LogP contribution in [0.3, 0.4) is 0 Å². The standard InChI is InChI=1S/C29H26Cl2N4O2/c1-35-14-11-20(12-15-35)33-28(36)19-6-8-23(26(31)16-19)29(37)34-21-7-9-25(30)24(17-21)27-22-5-3-2-4-18(22)10-13-32-27/h2-10,13,16-17,20H,11-12,14-15H2,1H3,(H,33,36)(H,34,37). The zero-order valence-electron chi connectivity index (χ0n) is 20.3. The molecule has 0 spiro atoms. The third kappa shape index (κ3) is 5.62. The highest BCUT2D eigenvalue weighted by atomic mass is 35.5. The van der Waals surface area contributed by atoms with Gasteiger partial charge in [-0.3, -0.25) is 14.6 Å². The van der Waals surface area contributed by atoms with Crippen LogP contribution in [-0.2, 0) is 0 Å². The normalized spacial score (nSPS) is 14.5. The monoisotopic (exact) mass is 532 g/mol. The van der Waals surface area contributed by atoms with Crippen LogP contribution in [0.5, 0.6) is 0 Å². The number of nitrogens with one attached hydrogen (secondary N) is 2. The molecule has 8 heteroatoms. The van der Waals surface area contributed by atoms with E-state index in [1.165, 1.54) is 6.07 Å². The molecule has 1 fully saturated rings. The summed E-state index contributed by atoms with van der Waals surface area (Å²) in [5.41, 5.74) is 2.70. The van der Waals surface area contributed by atoms with Crippen LogP contribution >= 0.6 is 23.2 Å². The van der Waals surface area contributed by atoms with E-state index in [2.05, 4.69) is 27.6 Å². The van der Waals surface area contributed by atoms with Gasteiger partial charge in [-0.2, -0.15) is 0 Å². The Bertz CT molecular complexity index is 1480. The number of piperidine rings is 1. The van der Waals surface area contributed by atoms with Gasteiger partial charge in [0.2, 0.25) is 0 Å². The second-order valence-corrected chi connectivity index (χ2v) is 10.1. The number of hydrogen-bond acceptors (Lipinski definition) is 4. The predicted molar refractivity (Wildman–Crippen MR) is 150 cm³/mol. The fourth-order valence-corrected chi connectivity index (χ4v) is 5.05. The Morgan fingerprint density at radius 2 is 1.70 bits per heavy atom. The second-order valence-electron chi connectivity index (χ2n) is 9.28. The van der Waals surface area contributed by atoms with Gasteiger partial charge in [-0.25, -0.2) is 0 Å². The van der Waals surface area contributed by atoms with Crippen LogP contribution in [0.25, 0.3) is 22.0 Å². The van der Waals surface area contributed by atoms with Gasteiger partial charge in [-0.1, -0.05) is 47.5 Å². The van der Waals surface area contributed by atoms with E-state index in [0.29, 0.717) is 21.8 Å². The maximum atomic E-state index is 13.1. The molecule has 0 aliphatic carbocycles. The first-order valence-corrected chi connectivity index (χ1v) is 12.9. The summed E-state index contributed by atoms with van der Waals surface area (Å²) in [5.74, 6) is -0.570. The number of nitrogens with zero attached hydrogens (tertiary/aromatic N) is 2. The minimum atomic E-state index is -0.383. The molecule has 188 valence electrons. The number of benzene rings is 3. The molecule has 0 saturated carbocycles. The van der Waals surface area contributed by atoms with Crippen molar-refractivity contribution >= 4 is 51.5 Å². The molecule has 3 aromatic carbocycles. The molecule has 0 radical (unpaired) electrons. The van der Waals surface area contributed by atoms with Crippen molar-refractivity contribution in [2.24, 2.45) is 0 Å². The molecule has 2 amide bonds. The van der Waals surface area contributed by atoms with Gasteiger partial charge in [0.05, 0.1) is 21.3 Å². The van der Waals surface area contributed by atoms with Gasteiger partial charge in [0.25, 0.3) is 11.8 Å². The lowest BCUT2D eigenvalue weighted by Crippen LogP contribution is -2.43. The Morgan fingerprint density at radius 1 is 0.919 bits per heavy atom. The highest BCUT2D eigenvalue weighted by molar-refractivity contribution is 6.35. The van der Waals surface area contributed by atoms with Gasteiger partial charge in [0, 0.05) is 34.4 Å². The number of fused-ring (bicyclic) bond motifs is 1. The molecule has 4 aromatic rings. The number of halogens is 2. The highest BCUT2D eigenvalue weighted by Gasteiger charge is 2.20. The summed E-state index contributed by atoms with van der Waals surface area (Å²) in [5, 5.41) is 8.70. The molecule has 2 N–H and O–H groups in total. The lowest BCUT2D eigenvalue weighted by molar-refractivity contribution is 0.0915. The molecule has 2 heterocycles. The zero-order chi connectivity index (χ0) is 25.9. The van der Waals surface area contributed by atoms with Crippen molar-refractivity contribution in [1.29, 1.82) is 0 Å². The van der Waals surface area contributed by atoms with Crippen molar-refractivity contribution in [3.63, 3.8) is 0 Å². The molecular formula is C29H26Cl2N4O2. The number of amides is 2. The molecule has 1 aliphatic heterocycles. The molecular weight excluding hydrogens is 507 g/mol. The first-order valence-electron chi connectivity index (χ1n) is 12.1. The van der Waals surface area contributed by atoms with E-state index in [1.807, 2.05) is 30.3 Å². The topological polar surface area (TPSA) is 74.3 Å². The maximum Gasteiger partial charge on any atom is 0.257 e. The second kappa shape index (κ2) is 10.9. The third-order valence-electron chi connectivity index (χ3n) is 6.68. The fraction of sp³-hybridized carbons (Fsp3) is 0.207. The highest BCUT2D eigenvalue weighted by Crippen LogP contribution is 2.34. The van der Waals surface area contributed by atoms with Gasteiger partial charge >= 0.3 is 0 Å². The van der Waals surface area contributed by atoms with E-state index in [0.717, 1.165) is 42.4 Å². The Kier molecular flexibility index (Phi) is 7.42. The molecule has 1 aromatic heterocycles. The summed E-state index contributed by atoms with van der Waals surface area (Å²) in [6.45, 7) is 1.90. The van der Waals surface area contributed by atoms with Gasteiger partial charge in [0.1, 0.15) is 0 Å². The lowest BCUT2D eigenvalue weighted by atomic mass is 10.0. The molecule has 37 heavy (non-hydrogen) atoms. The zero-order valence-corrected chi connectivity index (χ0v) is 21.8. The summed E-state index contributed by atoms with van der Waals surface area (Å²) in [7, 11) is 2.08. The van der Waals surface area contributed by atoms with Crippen LogP contribution in [0.2, 0.25) is 10.0 Å². The van der Waals surface area contributed by atoms with Crippen molar-refractivity contribution in [2.75, 3.05) is 25.5 Å². The van der Waals surface area contributed by atoms with Crippen LogP contribution in [0.1, 0.15) is 33.6 Å². The first-order chi connectivity index (χ1) is 17.9. The van der Waals surface area contributed by atoms with Crippen LogP contribution in [0, 0.1) is 0 Å². The Morgan fingerprint density at radius 3 is 2.49 bits per heavy atom. The average Bonchev–Trinajstić information content (AvgIpc) is 2.90. The molecule has 6 nitrogen and oxygen atoms in total. The number of anilines is 1. The van der Waals surface area contributed by atoms with Crippen molar-refractivity contribution in [1.82, 2.24) is 15.2 Å². The Balaban J connectivity index is 1.33. The van der Waals surface area contributed by atoms with E-state index >= 15 is 0 Å². The number of aromatic nitrogens is 1. The fourth-order valence-electron chi connectivity index (χ4n) is 4.58. The van der Waals surface area contributed by atoms with Crippen molar-refractivity contribution in [3.05, 3.63) is 94.1 Å². The quantitative estimate of drug-likeness (QED) is 0.317. The number of hydrogen-bond donors (Lipinski definition) is 2. The summed E-state index contributed by atoms with van der Waals surface area (Å²) in [6.07, 6.45) is 3.56. The van der Waals surface area contributed by atoms with E-state index in [9.17, 15) is 9.59 Å². The smallest absolute Gasteiger partial charge is 0.257 e. The number of pyridine rings is 1. The van der Waals surface area contributed by atoms with Gasteiger partial charge < -0.3 is 15.5 Å². The van der Waals surface area contributed by atoms with Crippen LogP contribution in [0.15, 0.2) is 72.9 Å². The van der Waals surface area contributed by atoms with E-state index < -0.39 is 0 Å². The number of carbonyl (C=O) groups excluding carboxylic acids is 2. The van der Waals surface area contributed by atoms with Crippen molar-refractivity contribution < 1.29 is 9.59 Å². The van der Waals surface area contributed by atoms with Crippen LogP contribution in [0.4, 0.5) is 5.69 Å². The SMILES string of the molecule is CN1CCC(NC(=O)c2ccc(C(=O)Nc3ccc(Cl)c(-c4nccc5ccccc45)c3)c(Cl)c2)CC1. The summed E-state index contributed by atoms with van der Waals surface area (Å²) in [6, 6.07) is 20.0. The molecule has 0 unspecified atom stereocenters. The predicted octanol–water partition coefficient (Wildman–Crippen LogP) is 6.28. The molecule has 0 atom stereocenters. The minimum absolute atomic E-state index is 0.140. The lowest BCUT2D eigenvalue weighted by Gasteiger charge is -2.29. The maximum absolute atomic E-state index is 13.1. The molecule has 1 saturated heterocycles. The Hall–Kier alpha value is -3.45. The van der Waals surface area contributed by atoms with E-state index in [1.54, 1.807) is 36.5 Å². The van der Waals surface area contributed by atoms with E-state index in [-0.39, 0.29) is 28.4 Å². The minimum Gasteiger partial charge on any atom is -0.349 e. The molecule has 1 aliphatic rings. The largest absolute Gasteiger partial charge is 0.349 e. The van der Waals surface area contributed by atoms with Crippen LogP contribution in [-0.4, -0.2) is 47.9 Å². The molecule has 0 bridgehead atoms. The number of rotatable bonds is 5. The van der Waals surface area contributed by atoms with Crippen molar-refractivity contribution in [2.45, 2.75) is 18.9 Å². The third-order valence-corrected chi connectivity index (χ3v) is 7.32.